The number of carbonyl (C=O) groups excluding carboxylic acids is 2. The quantitative estimate of drug-likeness (QED) is 0.335. The number of nitrogens with two attached hydrogens (primary N) is 1. The molecule has 3 aromatic rings. The number of pyridine rings is 1. The third-order valence-corrected chi connectivity index (χ3v) is 3.94. The minimum absolute atomic E-state index is 0.216. The zero-order chi connectivity index (χ0) is 20.3. The standard InChI is InChI=1S/C19H16N4O5/c20-14(18(26)27)17(25)15-16(24)13-8-12(7-6-10(13)9-21-15)23-19(28)22-11-4-2-1-3-5-11/h1-9,14,24H,20H2,(H,26,27)(H2,22,23,28). The van der Waals surface area contributed by atoms with Crippen LogP contribution in [0.4, 0.5) is 16.2 Å². The molecule has 9 heteroatoms. The van der Waals surface area contributed by atoms with Crippen molar-refractivity contribution in [2.45, 2.75) is 6.04 Å². The number of anilines is 2. The normalized spacial score (nSPS) is 11.6. The smallest absolute Gasteiger partial charge is 0.328 e. The van der Waals surface area contributed by atoms with Crippen molar-refractivity contribution in [1.29, 1.82) is 0 Å². The average molecular weight is 380 g/mol. The molecule has 0 saturated heterocycles. The second-order valence-electron chi connectivity index (χ2n) is 5.88. The van der Waals surface area contributed by atoms with Crippen molar-refractivity contribution in [1.82, 2.24) is 4.98 Å². The first kappa shape index (κ1) is 18.8. The summed E-state index contributed by atoms with van der Waals surface area (Å²) < 4.78 is 0. The van der Waals surface area contributed by atoms with E-state index >= 15 is 0 Å². The zero-order valence-electron chi connectivity index (χ0n) is 14.4. The molecule has 0 bridgehead atoms. The van der Waals surface area contributed by atoms with Gasteiger partial charge < -0.3 is 26.6 Å². The number of urea groups is 1. The molecule has 1 aromatic heterocycles. The molecule has 0 aliphatic rings. The second kappa shape index (κ2) is 7.72. The van der Waals surface area contributed by atoms with Gasteiger partial charge >= 0.3 is 12.0 Å². The van der Waals surface area contributed by atoms with Gasteiger partial charge in [-0.1, -0.05) is 24.3 Å². The number of aromatic nitrogens is 1. The molecule has 3 rings (SSSR count). The summed E-state index contributed by atoms with van der Waals surface area (Å²) in [5.41, 5.74) is 5.81. The van der Waals surface area contributed by atoms with Crippen molar-refractivity contribution in [2.75, 3.05) is 10.6 Å². The summed E-state index contributed by atoms with van der Waals surface area (Å²) in [6.45, 7) is 0. The van der Waals surface area contributed by atoms with Crippen molar-refractivity contribution in [3.05, 3.63) is 60.4 Å². The van der Waals surface area contributed by atoms with Gasteiger partial charge in [-0.25, -0.2) is 9.78 Å². The minimum Gasteiger partial charge on any atom is -0.505 e. The van der Waals surface area contributed by atoms with E-state index in [9.17, 15) is 19.5 Å². The summed E-state index contributed by atoms with van der Waals surface area (Å²) in [6.07, 6.45) is 1.31. The lowest BCUT2D eigenvalue weighted by molar-refractivity contribution is -0.137. The first-order chi connectivity index (χ1) is 13.4. The Balaban J connectivity index is 1.87. The highest BCUT2D eigenvalue weighted by Crippen LogP contribution is 2.30. The minimum atomic E-state index is -1.84. The van der Waals surface area contributed by atoms with Gasteiger partial charge in [-0.3, -0.25) is 9.59 Å². The summed E-state index contributed by atoms with van der Waals surface area (Å²) in [6, 6.07) is 11.1. The predicted octanol–water partition coefficient (Wildman–Crippen LogP) is 2.18. The van der Waals surface area contributed by atoms with Crippen LogP contribution in [0.3, 0.4) is 0 Å². The number of carboxylic acids is 1. The van der Waals surface area contributed by atoms with Gasteiger partial charge in [0.05, 0.1) is 0 Å². The Kier molecular flexibility index (Phi) is 5.18. The lowest BCUT2D eigenvalue weighted by atomic mass is 10.0. The highest BCUT2D eigenvalue weighted by atomic mass is 16.4. The molecule has 142 valence electrons. The van der Waals surface area contributed by atoms with Gasteiger partial charge in [-0.05, 0) is 24.3 Å². The summed E-state index contributed by atoms with van der Waals surface area (Å²) in [4.78, 5) is 38.9. The lowest BCUT2D eigenvalue weighted by Crippen LogP contribution is -2.38. The maximum absolute atomic E-state index is 12.1. The summed E-state index contributed by atoms with van der Waals surface area (Å²) >= 11 is 0. The number of aliphatic carboxylic acids is 1. The molecule has 0 radical (unpaired) electrons. The lowest BCUT2D eigenvalue weighted by Gasteiger charge is -2.11. The first-order valence-electron chi connectivity index (χ1n) is 8.14. The number of amides is 2. The van der Waals surface area contributed by atoms with E-state index in [4.69, 9.17) is 10.8 Å². The monoisotopic (exact) mass is 380 g/mol. The van der Waals surface area contributed by atoms with Gasteiger partial charge in [-0.2, -0.15) is 0 Å². The maximum Gasteiger partial charge on any atom is 0.328 e. The van der Waals surface area contributed by atoms with Crippen LogP contribution in [0.15, 0.2) is 54.7 Å². The number of nitrogens with one attached hydrogen (secondary N) is 2. The molecule has 0 spiro atoms. The fourth-order valence-electron chi connectivity index (χ4n) is 2.53. The van der Waals surface area contributed by atoms with Crippen LogP contribution in [-0.2, 0) is 4.79 Å². The Morgan fingerprint density at radius 2 is 1.68 bits per heavy atom. The predicted molar refractivity (Wildman–Crippen MR) is 102 cm³/mol. The summed E-state index contributed by atoms with van der Waals surface area (Å²) in [5.74, 6) is -3.06. The molecule has 28 heavy (non-hydrogen) atoms. The fourth-order valence-corrected chi connectivity index (χ4v) is 2.53. The summed E-state index contributed by atoms with van der Waals surface area (Å²) in [7, 11) is 0. The molecular formula is C19H16N4O5. The Morgan fingerprint density at radius 1 is 1.00 bits per heavy atom. The van der Waals surface area contributed by atoms with E-state index in [1.807, 2.05) is 6.07 Å². The van der Waals surface area contributed by atoms with Crippen LogP contribution in [0.1, 0.15) is 10.5 Å². The highest BCUT2D eigenvalue weighted by molar-refractivity contribution is 6.13. The van der Waals surface area contributed by atoms with E-state index in [1.54, 1.807) is 36.4 Å². The van der Waals surface area contributed by atoms with E-state index in [0.717, 1.165) is 0 Å². The molecule has 2 amide bonds. The van der Waals surface area contributed by atoms with E-state index in [-0.39, 0.29) is 5.39 Å². The summed E-state index contributed by atoms with van der Waals surface area (Å²) in [5, 5.41) is 25.2. The molecule has 0 aliphatic carbocycles. The number of hydrogen-bond donors (Lipinski definition) is 5. The van der Waals surface area contributed by atoms with Crippen LogP contribution >= 0.6 is 0 Å². The van der Waals surface area contributed by atoms with E-state index in [0.29, 0.717) is 16.8 Å². The van der Waals surface area contributed by atoms with Crippen LogP contribution in [0.2, 0.25) is 0 Å². The maximum atomic E-state index is 12.1. The molecule has 0 saturated carbocycles. The Hall–Kier alpha value is -3.98. The molecular weight excluding hydrogens is 364 g/mol. The number of rotatable bonds is 5. The van der Waals surface area contributed by atoms with Crippen molar-refractivity contribution in [2.24, 2.45) is 5.73 Å². The van der Waals surface area contributed by atoms with Crippen molar-refractivity contribution >= 4 is 39.9 Å². The molecule has 0 aliphatic heterocycles. The number of hydrogen-bond acceptors (Lipinski definition) is 6. The Morgan fingerprint density at radius 3 is 2.36 bits per heavy atom. The third kappa shape index (κ3) is 3.89. The van der Waals surface area contributed by atoms with Crippen molar-refractivity contribution in [3.63, 3.8) is 0 Å². The number of benzene rings is 2. The van der Waals surface area contributed by atoms with E-state index < -0.39 is 35.3 Å². The number of aromatic hydroxyl groups is 1. The highest BCUT2D eigenvalue weighted by Gasteiger charge is 2.27. The third-order valence-electron chi connectivity index (χ3n) is 3.94. The number of para-hydroxylation sites is 1. The number of fused-ring (bicyclic) bond motifs is 1. The average Bonchev–Trinajstić information content (AvgIpc) is 2.68. The van der Waals surface area contributed by atoms with Gasteiger partial charge in [0.15, 0.2) is 17.5 Å². The van der Waals surface area contributed by atoms with Crippen molar-refractivity contribution < 1.29 is 24.6 Å². The van der Waals surface area contributed by atoms with Crippen LogP contribution in [0.5, 0.6) is 5.75 Å². The molecule has 1 heterocycles. The molecule has 2 aromatic carbocycles. The van der Waals surface area contributed by atoms with Crippen LogP contribution in [0.25, 0.3) is 10.8 Å². The second-order valence-corrected chi connectivity index (χ2v) is 5.88. The van der Waals surface area contributed by atoms with E-state index in [1.165, 1.54) is 12.3 Å². The SMILES string of the molecule is NC(C(=O)O)C(=O)c1ncc2ccc(NC(=O)Nc3ccccc3)cc2c1O. The van der Waals surface area contributed by atoms with Crippen LogP contribution in [0, 0.1) is 0 Å². The Labute approximate surface area is 158 Å². The first-order valence-corrected chi connectivity index (χ1v) is 8.14. The van der Waals surface area contributed by atoms with Gasteiger partial charge in [0, 0.05) is 28.3 Å². The largest absolute Gasteiger partial charge is 0.505 e. The van der Waals surface area contributed by atoms with Crippen LogP contribution < -0.4 is 16.4 Å². The van der Waals surface area contributed by atoms with Gasteiger partial charge in [-0.15, -0.1) is 0 Å². The molecule has 1 atom stereocenters. The fraction of sp³-hybridized carbons (Fsp3) is 0.0526. The van der Waals surface area contributed by atoms with Crippen LogP contribution in [-0.4, -0.2) is 39.0 Å². The van der Waals surface area contributed by atoms with Gasteiger partial charge in [0.25, 0.3) is 0 Å². The Bertz CT molecular complexity index is 1070. The zero-order valence-corrected chi connectivity index (χ0v) is 14.4. The van der Waals surface area contributed by atoms with Crippen molar-refractivity contribution in [3.8, 4) is 5.75 Å². The number of Topliss-reactive ketones (excluding diaryl/α,β-unsaturated/α-hetero) is 1. The molecule has 9 nitrogen and oxygen atoms in total. The van der Waals surface area contributed by atoms with Gasteiger partial charge in [0.2, 0.25) is 5.78 Å². The molecule has 6 N–H and O–H groups in total. The number of carboxylic acid groups (broad SMARTS) is 1. The van der Waals surface area contributed by atoms with E-state index in [2.05, 4.69) is 15.6 Å². The number of ketones is 1. The topological polar surface area (TPSA) is 155 Å². The molecule has 1 unspecified atom stereocenters. The number of nitrogens with zero attached hydrogens (tertiary/aromatic N) is 1. The molecule has 0 fully saturated rings. The number of carbonyl (C=O) groups is 3. The van der Waals surface area contributed by atoms with Gasteiger partial charge in [0.1, 0.15) is 0 Å².